The average Bonchev–Trinajstić information content (AvgIpc) is 2.88. The Balaban J connectivity index is 2.40. The molecule has 1 aromatic carbocycles. The number of rotatable bonds is 4. The maximum atomic E-state index is 11.4. The number of ether oxygens (including phenoxy) is 1. The zero-order chi connectivity index (χ0) is 15.4. The number of hydrogen-bond acceptors (Lipinski definition) is 5. The van der Waals surface area contributed by atoms with Crippen LogP contribution in [-0.4, -0.2) is 28.1 Å². The lowest BCUT2D eigenvalue weighted by atomic mass is 10.1. The normalized spacial score (nSPS) is 10.4. The highest BCUT2D eigenvalue weighted by Crippen LogP contribution is 2.17. The zero-order valence-corrected chi connectivity index (χ0v) is 12.2. The van der Waals surface area contributed by atoms with Crippen LogP contribution in [0, 0.1) is 17.2 Å². The van der Waals surface area contributed by atoms with Crippen molar-refractivity contribution in [3.05, 3.63) is 41.2 Å². The molecule has 0 fully saturated rings. The van der Waals surface area contributed by atoms with Gasteiger partial charge in [-0.3, -0.25) is 0 Å². The summed E-state index contributed by atoms with van der Waals surface area (Å²) in [6, 6.07) is 8.89. The molecule has 0 aliphatic heterocycles. The van der Waals surface area contributed by atoms with Gasteiger partial charge in [-0.05, 0) is 36.6 Å². The van der Waals surface area contributed by atoms with Crippen LogP contribution >= 0.6 is 0 Å². The molecule has 108 valence electrons. The molecule has 0 aliphatic carbocycles. The Morgan fingerprint density at radius 2 is 2.05 bits per heavy atom. The topological polar surface area (TPSA) is 80.8 Å². The minimum atomic E-state index is -0.389. The molecule has 0 radical (unpaired) electrons. The smallest absolute Gasteiger partial charge is 0.337 e. The third-order valence-corrected chi connectivity index (χ3v) is 3.00. The van der Waals surface area contributed by atoms with Crippen LogP contribution < -0.4 is 0 Å². The number of nitrogens with zero attached hydrogens (tertiary/aromatic N) is 4. The molecular weight excluding hydrogens is 268 g/mol. The van der Waals surface area contributed by atoms with Crippen molar-refractivity contribution >= 4 is 5.97 Å². The van der Waals surface area contributed by atoms with Gasteiger partial charge in [-0.1, -0.05) is 19.1 Å². The van der Waals surface area contributed by atoms with Crippen molar-refractivity contribution in [3.8, 4) is 11.8 Å². The molecule has 6 nitrogen and oxygen atoms in total. The lowest BCUT2D eigenvalue weighted by Gasteiger charge is -2.09. The predicted molar refractivity (Wildman–Crippen MR) is 76.0 cm³/mol. The van der Waals surface area contributed by atoms with Gasteiger partial charge in [0.05, 0.1) is 24.1 Å². The highest BCUT2D eigenvalue weighted by molar-refractivity contribution is 5.89. The van der Waals surface area contributed by atoms with Crippen molar-refractivity contribution in [3.63, 3.8) is 0 Å². The van der Waals surface area contributed by atoms with E-state index < -0.39 is 0 Å². The molecule has 0 unspecified atom stereocenters. The van der Waals surface area contributed by atoms with Gasteiger partial charge in [0.25, 0.3) is 0 Å². The van der Waals surface area contributed by atoms with Gasteiger partial charge in [-0.15, -0.1) is 5.10 Å². The first kappa shape index (κ1) is 14.7. The molecule has 0 spiro atoms. The van der Waals surface area contributed by atoms with E-state index in [1.165, 1.54) is 7.11 Å². The molecule has 0 bridgehead atoms. The second kappa shape index (κ2) is 6.18. The van der Waals surface area contributed by atoms with E-state index in [1.807, 2.05) is 0 Å². The highest BCUT2D eigenvalue weighted by atomic mass is 16.5. The molecule has 2 rings (SSSR count). The largest absolute Gasteiger partial charge is 0.465 e. The van der Waals surface area contributed by atoms with Crippen LogP contribution in [0.2, 0.25) is 0 Å². The standard InChI is InChI=1S/C15H16N4O2/c1-10(2)8-14-13(9-16)17-18-19(14)12-6-4-11(5-7-12)15(20)21-3/h4-7,10H,8H2,1-3H3. The summed E-state index contributed by atoms with van der Waals surface area (Å²) in [6.07, 6.45) is 0.703. The lowest BCUT2D eigenvalue weighted by molar-refractivity contribution is 0.0601. The van der Waals surface area contributed by atoms with E-state index in [2.05, 4.69) is 35.0 Å². The Morgan fingerprint density at radius 1 is 1.38 bits per heavy atom. The number of hydrogen-bond donors (Lipinski definition) is 0. The summed E-state index contributed by atoms with van der Waals surface area (Å²) in [7, 11) is 1.34. The van der Waals surface area contributed by atoms with E-state index in [9.17, 15) is 4.79 Å². The Hall–Kier alpha value is -2.68. The summed E-state index contributed by atoms with van der Waals surface area (Å²) in [5.74, 6) is -0.0102. The van der Waals surface area contributed by atoms with E-state index in [0.29, 0.717) is 23.6 Å². The Kier molecular flexibility index (Phi) is 4.33. The molecule has 2 aromatic rings. The maximum absolute atomic E-state index is 11.4. The van der Waals surface area contributed by atoms with Crippen molar-refractivity contribution in [2.75, 3.05) is 7.11 Å². The fourth-order valence-corrected chi connectivity index (χ4v) is 2.02. The van der Waals surface area contributed by atoms with Gasteiger partial charge in [0.2, 0.25) is 0 Å². The van der Waals surface area contributed by atoms with Crippen LogP contribution in [0.15, 0.2) is 24.3 Å². The molecule has 6 heteroatoms. The van der Waals surface area contributed by atoms with Crippen molar-refractivity contribution < 1.29 is 9.53 Å². The van der Waals surface area contributed by atoms with Crippen LogP contribution in [-0.2, 0) is 11.2 Å². The van der Waals surface area contributed by atoms with E-state index >= 15 is 0 Å². The van der Waals surface area contributed by atoms with Crippen LogP contribution in [0.3, 0.4) is 0 Å². The molecule has 0 atom stereocenters. The number of methoxy groups -OCH3 is 1. The van der Waals surface area contributed by atoms with Crippen molar-refractivity contribution in [2.45, 2.75) is 20.3 Å². The molecule has 0 saturated heterocycles. The number of carbonyl (C=O) groups is 1. The zero-order valence-electron chi connectivity index (χ0n) is 12.2. The van der Waals surface area contributed by atoms with Crippen LogP contribution in [0.5, 0.6) is 0 Å². The Labute approximate surface area is 123 Å². The molecule has 0 N–H and O–H groups in total. The summed E-state index contributed by atoms with van der Waals surface area (Å²) in [4.78, 5) is 11.4. The second-order valence-electron chi connectivity index (χ2n) is 5.04. The van der Waals surface area contributed by atoms with Gasteiger partial charge in [0.15, 0.2) is 5.69 Å². The summed E-state index contributed by atoms with van der Waals surface area (Å²) in [5.41, 5.74) is 2.33. The van der Waals surface area contributed by atoms with Crippen LogP contribution in [0.25, 0.3) is 5.69 Å². The van der Waals surface area contributed by atoms with Gasteiger partial charge in [0, 0.05) is 0 Å². The average molecular weight is 284 g/mol. The van der Waals surface area contributed by atoms with Crippen molar-refractivity contribution in [1.82, 2.24) is 15.0 Å². The molecule has 0 amide bonds. The molecule has 1 aromatic heterocycles. The molecule has 21 heavy (non-hydrogen) atoms. The molecule has 0 aliphatic rings. The summed E-state index contributed by atoms with van der Waals surface area (Å²) >= 11 is 0. The molecular formula is C15H16N4O2. The third-order valence-electron chi connectivity index (χ3n) is 3.00. The minimum absolute atomic E-state index is 0.334. The summed E-state index contributed by atoms with van der Waals surface area (Å²) < 4.78 is 6.30. The van der Waals surface area contributed by atoms with Crippen molar-refractivity contribution in [1.29, 1.82) is 5.26 Å². The monoisotopic (exact) mass is 284 g/mol. The molecule has 1 heterocycles. The van der Waals surface area contributed by atoms with E-state index in [1.54, 1.807) is 28.9 Å². The third kappa shape index (κ3) is 3.08. The number of benzene rings is 1. The van der Waals surface area contributed by atoms with E-state index in [-0.39, 0.29) is 5.97 Å². The summed E-state index contributed by atoms with van der Waals surface area (Å²) in [5, 5.41) is 17.0. The van der Waals surface area contributed by atoms with Crippen LogP contribution in [0.1, 0.15) is 35.6 Å². The number of aromatic nitrogens is 3. The quantitative estimate of drug-likeness (QED) is 0.803. The van der Waals surface area contributed by atoms with Gasteiger partial charge in [0.1, 0.15) is 6.07 Å². The lowest BCUT2D eigenvalue weighted by Crippen LogP contribution is -2.07. The number of carbonyl (C=O) groups excluding carboxylic acids is 1. The Bertz CT molecular complexity index is 681. The second-order valence-corrected chi connectivity index (χ2v) is 5.04. The SMILES string of the molecule is COC(=O)c1ccc(-n2nnc(C#N)c2CC(C)C)cc1. The Morgan fingerprint density at radius 3 is 2.57 bits per heavy atom. The first-order chi connectivity index (χ1) is 10.1. The molecule has 0 saturated carbocycles. The summed E-state index contributed by atoms with van der Waals surface area (Å²) in [6.45, 7) is 4.14. The highest BCUT2D eigenvalue weighted by Gasteiger charge is 2.15. The predicted octanol–water partition coefficient (Wildman–Crippen LogP) is 2.12. The first-order valence-corrected chi connectivity index (χ1v) is 6.60. The van der Waals surface area contributed by atoms with Crippen LogP contribution in [0.4, 0.5) is 0 Å². The van der Waals surface area contributed by atoms with Crippen molar-refractivity contribution in [2.24, 2.45) is 5.92 Å². The van der Waals surface area contributed by atoms with Gasteiger partial charge < -0.3 is 4.74 Å². The van der Waals surface area contributed by atoms with E-state index in [4.69, 9.17) is 5.26 Å². The maximum Gasteiger partial charge on any atom is 0.337 e. The number of nitriles is 1. The van der Waals surface area contributed by atoms with E-state index in [0.717, 1.165) is 11.4 Å². The minimum Gasteiger partial charge on any atom is -0.465 e. The van der Waals surface area contributed by atoms with Gasteiger partial charge >= 0.3 is 5.97 Å². The van der Waals surface area contributed by atoms with Gasteiger partial charge in [-0.2, -0.15) is 5.26 Å². The first-order valence-electron chi connectivity index (χ1n) is 6.60. The fraction of sp³-hybridized carbons (Fsp3) is 0.333. The fourth-order valence-electron chi connectivity index (χ4n) is 2.02. The van der Waals surface area contributed by atoms with Gasteiger partial charge in [-0.25, -0.2) is 9.48 Å². The number of esters is 1.